The summed E-state index contributed by atoms with van der Waals surface area (Å²) in [5, 5.41) is 31.7. The molecule has 0 aliphatic rings. The molecule has 0 saturated heterocycles. The number of hydrogen-bond donors (Lipinski definition) is 3. The predicted molar refractivity (Wildman–Crippen MR) is 163 cm³/mol. The smallest absolute Gasteiger partial charge is 0.550 e. The molecule has 0 fully saturated rings. The Balaban J connectivity index is 0.000000563. The number of carboxylic acids is 3. The van der Waals surface area contributed by atoms with Crippen molar-refractivity contribution in [2.24, 2.45) is 17.8 Å². The zero-order valence-corrected chi connectivity index (χ0v) is 27.1. The first-order valence-electron chi connectivity index (χ1n) is 12.3. The summed E-state index contributed by atoms with van der Waals surface area (Å²) in [5.41, 5.74) is 3.02. The summed E-state index contributed by atoms with van der Waals surface area (Å²) < 4.78 is 0. The van der Waals surface area contributed by atoms with Crippen LogP contribution in [-0.2, 0) is 33.6 Å². The molecule has 0 aromatic heterocycles. The van der Waals surface area contributed by atoms with Gasteiger partial charge in [-0.25, -0.2) is 0 Å². The van der Waals surface area contributed by atoms with Crippen molar-refractivity contribution >= 4 is 80.2 Å². The number of carboxylic acid groups (broad SMARTS) is 3. The van der Waals surface area contributed by atoms with E-state index in [2.05, 4.69) is 37.9 Å². The van der Waals surface area contributed by atoms with Crippen molar-refractivity contribution in [3.05, 3.63) is 108 Å². The molecular formula is C30H33O6S3Sb. The van der Waals surface area contributed by atoms with Gasteiger partial charge in [-0.15, -0.1) is 0 Å². The van der Waals surface area contributed by atoms with E-state index in [1.807, 2.05) is 91.0 Å². The molecule has 0 saturated carbocycles. The van der Waals surface area contributed by atoms with Gasteiger partial charge < -0.3 is 29.7 Å². The first-order valence-corrected chi connectivity index (χ1v) is 14.2. The van der Waals surface area contributed by atoms with Crippen LogP contribution >= 0.6 is 37.9 Å². The molecule has 3 aromatic rings. The first kappa shape index (κ1) is 37.9. The van der Waals surface area contributed by atoms with Crippen LogP contribution < -0.4 is 15.3 Å². The van der Waals surface area contributed by atoms with Gasteiger partial charge in [0, 0.05) is 35.7 Å². The zero-order valence-electron chi connectivity index (χ0n) is 21.9. The number of carbonyl (C=O) groups is 3. The summed E-state index contributed by atoms with van der Waals surface area (Å²) in [7, 11) is 0. The molecule has 0 N–H and O–H groups in total. The number of carbonyl (C=O) groups excluding carboxylic acids is 3. The fourth-order valence-electron chi connectivity index (χ4n) is 3.36. The van der Waals surface area contributed by atoms with E-state index in [9.17, 15) is 29.7 Å². The molecule has 0 aliphatic heterocycles. The first-order chi connectivity index (χ1) is 18.7. The second kappa shape index (κ2) is 22.6. The van der Waals surface area contributed by atoms with Gasteiger partial charge in [0.05, 0.1) is 0 Å². The summed E-state index contributed by atoms with van der Waals surface area (Å²) in [6.07, 6.45) is 1.48. The molecule has 3 aromatic carbocycles. The van der Waals surface area contributed by atoms with E-state index < -0.39 is 35.7 Å². The van der Waals surface area contributed by atoms with E-state index in [1.54, 1.807) is 0 Å². The Hall–Kier alpha value is -2.06. The van der Waals surface area contributed by atoms with Crippen LogP contribution in [0.2, 0.25) is 0 Å². The fraction of sp³-hybridized carbons (Fsp3) is 0.300. The van der Waals surface area contributed by atoms with Gasteiger partial charge in [-0.2, -0.15) is 37.9 Å². The molecule has 3 rings (SSSR count). The van der Waals surface area contributed by atoms with E-state index in [1.165, 1.54) is 0 Å². The number of aliphatic carboxylic acids is 3. The van der Waals surface area contributed by atoms with E-state index in [4.69, 9.17) is 0 Å². The molecule has 0 bridgehead atoms. The van der Waals surface area contributed by atoms with Crippen LogP contribution in [0.25, 0.3) is 0 Å². The Morgan fingerprint density at radius 2 is 0.675 bits per heavy atom. The van der Waals surface area contributed by atoms with Gasteiger partial charge in [0.1, 0.15) is 0 Å². The quantitative estimate of drug-likeness (QED) is 0.192. The van der Waals surface area contributed by atoms with E-state index in [0.29, 0.717) is 36.5 Å². The van der Waals surface area contributed by atoms with Gasteiger partial charge in [0.2, 0.25) is 0 Å². The number of thiol groups is 3. The second-order valence-corrected chi connectivity index (χ2v) is 9.76. The average molecular weight is 708 g/mol. The minimum absolute atomic E-state index is 0. The molecule has 6 nitrogen and oxygen atoms in total. The minimum Gasteiger partial charge on any atom is -0.550 e. The Bertz CT molecular complexity index is 963. The van der Waals surface area contributed by atoms with Crippen LogP contribution in [0.1, 0.15) is 16.7 Å². The van der Waals surface area contributed by atoms with Gasteiger partial charge in [0.25, 0.3) is 0 Å². The normalized spacial score (nSPS) is 12.1. The molecule has 3 unspecified atom stereocenters. The number of hydrogen-bond acceptors (Lipinski definition) is 9. The van der Waals surface area contributed by atoms with Crippen LogP contribution in [-0.4, -0.2) is 59.6 Å². The van der Waals surface area contributed by atoms with Gasteiger partial charge in [-0.05, 0) is 53.2 Å². The topological polar surface area (TPSA) is 120 Å². The molecule has 0 aliphatic carbocycles. The van der Waals surface area contributed by atoms with Gasteiger partial charge >= 0.3 is 24.4 Å². The number of benzene rings is 3. The maximum Gasteiger partial charge on any atom is 3.00 e. The van der Waals surface area contributed by atoms with Gasteiger partial charge in [-0.1, -0.05) is 91.0 Å². The Morgan fingerprint density at radius 1 is 0.475 bits per heavy atom. The van der Waals surface area contributed by atoms with Crippen molar-refractivity contribution in [2.45, 2.75) is 19.3 Å². The standard InChI is InChI=1S/3C10H12O2S.Sb/c3*11-10(12)9(7-13)6-8-4-2-1-3-5-8;/h3*1-5,9,13H,6-7H2,(H,11,12);/q;;;+3/p-3. The Morgan fingerprint density at radius 3 is 0.825 bits per heavy atom. The Kier molecular flexibility index (Phi) is 21.4. The van der Waals surface area contributed by atoms with Crippen LogP contribution in [0.15, 0.2) is 91.0 Å². The molecule has 212 valence electrons. The minimum atomic E-state index is -1.03. The van der Waals surface area contributed by atoms with Crippen molar-refractivity contribution in [1.82, 2.24) is 0 Å². The van der Waals surface area contributed by atoms with Crippen molar-refractivity contribution in [2.75, 3.05) is 17.3 Å². The largest absolute Gasteiger partial charge is 3.00 e. The van der Waals surface area contributed by atoms with E-state index in [-0.39, 0.29) is 24.4 Å². The van der Waals surface area contributed by atoms with Crippen LogP contribution in [0.4, 0.5) is 0 Å². The molecule has 2 radical (unpaired) electrons. The molecule has 40 heavy (non-hydrogen) atoms. The van der Waals surface area contributed by atoms with E-state index in [0.717, 1.165) is 16.7 Å². The zero-order chi connectivity index (χ0) is 29.0. The summed E-state index contributed by atoms with van der Waals surface area (Å²) in [6.45, 7) is 0. The van der Waals surface area contributed by atoms with Gasteiger partial charge in [-0.3, -0.25) is 0 Å². The summed E-state index contributed by atoms with van der Waals surface area (Å²) in [5.74, 6) is -3.62. The maximum atomic E-state index is 10.6. The fourth-order valence-corrected chi connectivity index (χ4v) is 4.20. The van der Waals surface area contributed by atoms with Gasteiger partial charge in [0.15, 0.2) is 0 Å². The summed E-state index contributed by atoms with van der Waals surface area (Å²) in [4.78, 5) is 31.7. The van der Waals surface area contributed by atoms with Crippen molar-refractivity contribution in [1.29, 1.82) is 0 Å². The SMILES string of the molecule is O=C([O-])C(CS)Cc1ccccc1.O=C([O-])C(CS)Cc1ccccc1.O=C([O-])C(CS)Cc1ccccc1.[Sb+3]. The molecule has 0 heterocycles. The second-order valence-electron chi connectivity index (χ2n) is 8.66. The van der Waals surface area contributed by atoms with Crippen molar-refractivity contribution < 1.29 is 29.7 Å². The van der Waals surface area contributed by atoms with Crippen LogP contribution in [0.3, 0.4) is 0 Å². The number of rotatable bonds is 12. The van der Waals surface area contributed by atoms with Crippen molar-refractivity contribution in [3.63, 3.8) is 0 Å². The summed E-state index contributed by atoms with van der Waals surface area (Å²) in [6, 6.07) is 28.5. The molecule has 0 amide bonds. The molecule has 3 atom stereocenters. The third kappa shape index (κ3) is 16.3. The van der Waals surface area contributed by atoms with Crippen molar-refractivity contribution in [3.8, 4) is 0 Å². The molecular weight excluding hydrogens is 674 g/mol. The molecule has 0 spiro atoms. The third-order valence-corrected chi connectivity index (χ3v) is 6.96. The Labute approximate surface area is 270 Å². The third-order valence-electron chi connectivity index (χ3n) is 5.64. The maximum absolute atomic E-state index is 10.6. The average Bonchev–Trinajstić information content (AvgIpc) is 2.95. The van der Waals surface area contributed by atoms with Crippen LogP contribution in [0, 0.1) is 17.8 Å². The monoisotopic (exact) mass is 706 g/mol. The van der Waals surface area contributed by atoms with E-state index >= 15 is 0 Å². The predicted octanol–water partition coefficient (Wildman–Crippen LogP) is 1.19. The summed E-state index contributed by atoms with van der Waals surface area (Å²) >= 11 is 11.9. The molecule has 10 heteroatoms. The van der Waals surface area contributed by atoms with Crippen LogP contribution in [0.5, 0.6) is 0 Å².